The molecule has 7 nitrogen and oxygen atoms in total. The highest BCUT2D eigenvalue weighted by molar-refractivity contribution is 6.35. The molecule has 2 aromatic carbocycles. The van der Waals surface area contributed by atoms with E-state index < -0.39 is 11.0 Å². The summed E-state index contributed by atoms with van der Waals surface area (Å²) in [7, 11) is 0. The largest absolute Gasteiger partial charge is 0.472 e. The predicted molar refractivity (Wildman–Crippen MR) is 87.2 cm³/mol. The lowest BCUT2D eigenvalue weighted by molar-refractivity contribution is -0.384. The lowest BCUT2D eigenvalue weighted by atomic mass is 10.3. The molecule has 2 N–H and O–H groups in total. The number of hydrogen-bond acceptors (Lipinski definition) is 4. The summed E-state index contributed by atoms with van der Waals surface area (Å²) in [6.07, 6.45) is 0. The van der Waals surface area contributed by atoms with E-state index in [0.717, 1.165) is 0 Å². The number of benzene rings is 2. The number of anilines is 1. The molecule has 9 heteroatoms. The van der Waals surface area contributed by atoms with Crippen LogP contribution in [0.2, 0.25) is 10.0 Å². The van der Waals surface area contributed by atoms with E-state index in [-0.39, 0.29) is 12.4 Å². The molecule has 0 atom stereocenters. The van der Waals surface area contributed by atoms with E-state index in [1.165, 1.54) is 30.3 Å². The smallest absolute Gasteiger partial charge is 0.321 e. The Balaban J connectivity index is 1.85. The zero-order valence-corrected chi connectivity index (χ0v) is 13.1. The first-order chi connectivity index (χ1) is 11.0. The minimum absolute atomic E-state index is 0.119. The van der Waals surface area contributed by atoms with Crippen LogP contribution in [0, 0.1) is 10.1 Å². The van der Waals surface area contributed by atoms with E-state index in [9.17, 15) is 14.9 Å². The Bertz CT molecular complexity index is 740. The van der Waals surface area contributed by atoms with Gasteiger partial charge < -0.3 is 15.4 Å². The molecule has 0 aromatic heterocycles. The van der Waals surface area contributed by atoms with Crippen LogP contribution >= 0.6 is 23.2 Å². The Labute approximate surface area is 141 Å². The molecule has 0 saturated carbocycles. The molecule has 0 heterocycles. The molecular formula is C14H11Cl2N3O4. The summed E-state index contributed by atoms with van der Waals surface area (Å²) < 4.78 is 5.29. The monoisotopic (exact) mass is 355 g/mol. The van der Waals surface area contributed by atoms with Gasteiger partial charge in [-0.2, -0.15) is 0 Å². The first-order valence-electron chi connectivity index (χ1n) is 6.33. The molecular weight excluding hydrogens is 345 g/mol. The van der Waals surface area contributed by atoms with Crippen molar-refractivity contribution in [1.29, 1.82) is 0 Å². The van der Waals surface area contributed by atoms with Gasteiger partial charge in [-0.05, 0) is 24.3 Å². The van der Waals surface area contributed by atoms with Gasteiger partial charge in [-0.3, -0.25) is 10.1 Å². The topological polar surface area (TPSA) is 93.5 Å². The summed E-state index contributed by atoms with van der Waals surface area (Å²) in [5, 5.41) is 16.3. The Hall–Kier alpha value is -2.51. The fraction of sp³-hybridized carbons (Fsp3) is 0.0714. The molecule has 0 bridgehead atoms. The highest BCUT2D eigenvalue weighted by Crippen LogP contribution is 2.27. The van der Waals surface area contributed by atoms with Gasteiger partial charge in [0, 0.05) is 22.8 Å². The van der Waals surface area contributed by atoms with Crippen LogP contribution in [0.25, 0.3) is 0 Å². The van der Waals surface area contributed by atoms with E-state index in [2.05, 4.69) is 10.6 Å². The van der Waals surface area contributed by atoms with E-state index in [0.29, 0.717) is 21.5 Å². The Morgan fingerprint density at radius 3 is 2.70 bits per heavy atom. The van der Waals surface area contributed by atoms with Crippen molar-refractivity contribution in [2.45, 2.75) is 0 Å². The average molecular weight is 356 g/mol. The second-order valence-corrected chi connectivity index (χ2v) is 5.15. The van der Waals surface area contributed by atoms with E-state index in [4.69, 9.17) is 27.9 Å². The molecule has 0 unspecified atom stereocenters. The lowest BCUT2D eigenvalue weighted by Gasteiger charge is -2.10. The van der Waals surface area contributed by atoms with Gasteiger partial charge in [-0.25, -0.2) is 4.79 Å². The van der Waals surface area contributed by atoms with Gasteiger partial charge >= 0.3 is 6.03 Å². The van der Waals surface area contributed by atoms with E-state index in [1.807, 2.05) is 0 Å². The van der Waals surface area contributed by atoms with Crippen molar-refractivity contribution in [3.8, 4) is 5.75 Å². The minimum atomic E-state index is -0.574. The van der Waals surface area contributed by atoms with Crippen molar-refractivity contribution in [3.63, 3.8) is 0 Å². The second kappa shape index (κ2) is 7.66. The third-order valence-electron chi connectivity index (χ3n) is 2.67. The number of carbonyl (C=O) groups excluding carboxylic acids is 1. The summed E-state index contributed by atoms with van der Waals surface area (Å²) in [5.41, 5.74) is 0.174. The van der Waals surface area contributed by atoms with Crippen LogP contribution in [0.1, 0.15) is 0 Å². The van der Waals surface area contributed by atoms with Crippen LogP contribution in [-0.4, -0.2) is 17.7 Å². The number of ether oxygens (including phenoxy) is 1. The number of urea groups is 1. The van der Waals surface area contributed by atoms with Gasteiger partial charge in [-0.15, -0.1) is 0 Å². The van der Waals surface area contributed by atoms with Crippen molar-refractivity contribution >= 4 is 40.6 Å². The van der Waals surface area contributed by atoms with Crippen molar-refractivity contribution in [3.05, 3.63) is 62.6 Å². The van der Waals surface area contributed by atoms with Gasteiger partial charge in [0.15, 0.2) is 6.73 Å². The highest BCUT2D eigenvalue weighted by atomic mass is 35.5. The SMILES string of the molecule is O=C(NCOc1ccc(Cl)cc1Cl)Nc1cccc([N+](=O)[O-])c1. The summed E-state index contributed by atoms with van der Waals surface area (Å²) in [6.45, 7) is -0.137. The molecule has 0 fully saturated rings. The zero-order valence-electron chi connectivity index (χ0n) is 11.6. The first kappa shape index (κ1) is 16.9. The summed E-state index contributed by atoms with van der Waals surface area (Å²) >= 11 is 11.7. The van der Waals surface area contributed by atoms with Crippen molar-refractivity contribution in [2.75, 3.05) is 12.0 Å². The molecule has 0 aliphatic rings. The molecule has 0 spiro atoms. The van der Waals surface area contributed by atoms with Gasteiger partial charge in [0.25, 0.3) is 5.69 Å². The maximum absolute atomic E-state index is 11.7. The number of amides is 2. The molecule has 0 aliphatic heterocycles. The van der Waals surface area contributed by atoms with Gasteiger partial charge in [0.2, 0.25) is 0 Å². The minimum Gasteiger partial charge on any atom is -0.472 e. The van der Waals surface area contributed by atoms with E-state index >= 15 is 0 Å². The van der Waals surface area contributed by atoms with Crippen LogP contribution < -0.4 is 15.4 Å². The number of hydrogen-bond donors (Lipinski definition) is 2. The molecule has 2 amide bonds. The molecule has 120 valence electrons. The van der Waals surface area contributed by atoms with Crippen LogP contribution in [0.4, 0.5) is 16.2 Å². The molecule has 23 heavy (non-hydrogen) atoms. The van der Waals surface area contributed by atoms with Crippen LogP contribution in [0.3, 0.4) is 0 Å². The predicted octanol–water partition coefficient (Wildman–Crippen LogP) is 4.06. The number of carbonyl (C=O) groups is 1. The maximum Gasteiger partial charge on any atom is 0.321 e. The summed E-state index contributed by atoms with van der Waals surface area (Å²) in [5.74, 6) is 0.367. The Kier molecular flexibility index (Phi) is 5.61. The molecule has 0 aliphatic carbocycles. The van der Waals surface area contributed by atoms with E-state index in [1.54, 1.807) is 12.1 Å². The normalized spacial score (nSPS) is 10.0. The maximum atomic E-state index is 11.7. The Morgan fingerprint density at radius 1 is 1.22 bits per heavy atom. The quantitative estimate of drug-likeness (QED) is 0.480. The number of nitro benzene ring substituents is 1. The number of nitrogens with one attached hydrogen (secondary N) is 2. The number of non-ortho nitro benzene ring substituents is 1. The fourth-order valence-corrected chi connectivity index (χ4v) is 2.11. The van der Waals surface area contributed by atoms with Crippen molar-refractivity contribution in [2.24, 2.45) is 0 Å². The zero-order chi connectivity index (χ0) is 16.8. The third kappa shape index (κ3) is 5.01. The average Bonchev–Trinajstić information content (AvgIpc) is 2.49. The molecule has 0 radical (unpaired) electrons. The van der Waals surface area contributed by atoms with Crippen molar-refractivity contribution in [1.82, 2.24) is 5.32 Å². The van der Waals surface area contributed by atoms with Gasteiger partial charge in [0.1, 0.15) is 5.75 Å². The fourth-order valence-electron chi connectivity index (χ4n) is 1.64. The molecule has 0 saturated heterocycles. The Morgan fingerprint density at radius 2 is 2.00 bits per heavy atom. The number of halogens is 2. The standard InChI is InChI=1S/C14H11Cl2N3O4/c15-9-4-5-13(12(16)6-9)23-8-17-14(20)18-10-2-1-3-11(7-10)19(21)22/h1-7H,8H2,(H2,17,18,20). The number of nitro groups is 1. The summed E-state index contributed by atoms with van der Waals surface area (Å²) in [6, 6.07) is 9.70. The van der Waals surface area contributed by atoms with Gasteiger partial charge in [-0.1, -0.05) is 29.3 Å². The molecule has 2 rings (SSSR count). The summed E-state index contributed by atoms with van der Waals surface area (Å²) in [4.78, 5) is 21.8. The first-order valence-corrected chi connectivity index (χ1v) is 7.08. The third-order valence-corrected chi connectivity index (χ3v) is 3.20. The number of rotatable bonds is 5. The number of nitrogens with zero attached hydrogens (tertiary/aromatic N) is 1. The second-order valence-electron chi connectivity index (χ2n) is 4.30. The van der Waals surface area contributed by atoms with Crippen molar-refractivity contribution < 1.29 is 14.5 Å². The molecule has 2 aromatic rings. The van der Waals surface area contributed by atoms with Gasteiger partial charge in [0.05, 0.1) is 9.95 Å². The van der Waals surface area contributed by atoms with Crippen LogP contribution in [0.15, 0.2) is 42.5 Å². The van der Waals surface area contributed by atoms with Crippen LogP contribution in [-0.2, 0) is 0 Å². The highest BCUT2D eigenvalue weighted by Gasteiger charge is 2.08. The lowest BCUT2D eigenvalue weighted by Crippen LogP contribution is -2.32. The van der Waals surface area contributed by atoms with Crippen LogP contribution in [0.5, 0.6) is 5.75 Å².